The van der Waals surface area contributed by atoms with Crippen LogP contribution in [-0.4, -0.2) is 46.8 Å². The number of aromatic nitrogens is 3. The maximum absolute atomic E-state index is 12.2. The summed E-state index contributed by atoms with van der Waals surface area (Å²) in [5.41, 5.74) is 5.89. The van der Waals surface area contributed by atoms with Gasteiger partial charge in [-0.15, -0.1) is 0 Å². The summed E-state index contributed by atoms with van der Waals surface area (Å²) in [7, 11) is -1.93. The minimum absolute atomic E-state index is 0.0552. The normalized spacial score (nSPS) is 24.0. The molecule has 27 heavy (non-hydrogen) atoms. The fraction of sp³-hybridized carbons (Fsp3) is 0.647. The molecule has 3 atom stereocenters. The number of nitrogens with two attached hydrogens (primary N) is 1. The molecule has 8 nitrogen and oxygen atoms in total. The van der Waals surface area contributed by atoms with Gasteiger partial charge in [0.2, 0.25) is 5.95 Å². The second-order valence-corrected chi connectivity index (χ2v) is 14.5. The predicted molar refractivity (Wildman–Crippen MR) is 115 cm³/mol. The molecule has 0 saturated carbocycles. The van der Waals surface area contributed by atoms with E-state index in [1.807, 2.05) is 0 Å². The van der Waals surface area contributed by atoms with Crippen LogP contribution in [0.2, 0.25) is 18.1 Å². The van der Waals surface area contributed by atoms with Crippen molar-refractivity contribution in [3.8, 4) is 0 Å². The predicted octanol–water partition coefficient (Wildman–Crippen LogP) is 2.58. The highest BCUT2D eigenvalue weighted by Gasteiger charge is 2.41. The lowest BCUT2D eigenvalue weighted by molar-refractivity contribution is -0.0403. The molecule has 10 heteroatoms. The van der Waals surface area contributed by atoms with Gasteiger partial charge in [0.15, 0.2) is 14.0 Å². The molecule has 0 spiro atoms. The third-order valence-corrected chi connectivity index (χ3v) is 10.9. The summed E-state index contributed by atoms with van der Waals surface area (Å²) in [6.07, 6.45) is 0.724. The third-order valence-electron chi connectivity index (χ3n) is 5.58. The van der Waals surface area contributed by atoms with Crippen LogP contribution in [0, 0.1) is 3.57 Å². The second kappa shape index (κ2) is 7.14. The molecule has 0 aromatic carbocycles. The van der Waals surface area contributed by atoms with Crippen molar-refractivity contribution in [3.05, 3.63) is 20.1 Å². The molecule has 150 valence electrons. The average Bonchev–Trinajstić information content (AvgIpc) is 3.04. The van der Waals surface area contributed by atoms with Crippen LogP contribution in [0.15, 0.2) is 11.0 Å². The number of anilines is 1. The van der Waals surface area contributed by atoms with E-state index in [-0.39, 0.29) is 16.5 Å². The average molecular weight is 506 g/mol. The first-order valence-electron chi connectivity index (χ1n) is 8.94. The molecule has 2 aromatic heterocycles. The number of aliphatic hydroxyl groups excluding tert-OH is 1. The Morgan fingerprint density at radius 1 is 1.52 bits per heavy atom. The molecular weight excluding hydrogens is 479 g/mol. The third kappa shape index (κ3) is 3.95. The van der Waals surface area contributed by atoms with Crippen LogP contribution < -0.4 is 11.3 Å². The van der Waals surface area contributed by atoms with Crippen molar-refractivity contribution in [1.29, 1.82) is 0 Å². The molecule has 0 amide bonds. The van der Waals surface area contributed by atoms with Gasteiger partial charge in [-0.3, -0.25) is 9.78 Å². The molecule has 1 fully saturated rings. The standard InChI is InChI=1S/C17H27IN4O4Si/c1-17(2,3)27(4,5)25-8-11-10(23)6-12(26-11)22-7-9(18)13-14(22)20-16(19)21-15(13)24/h7,10-12,23H,6,8H2,1-5H3,(H3,19,20,21,24)/t10-,11+,12+/m0/s1. The Hall–Kier alpha value is -0.953. The molecular formula is C17H27IN4O4Si. The molecule has 1 aliphatic heterocycles. The molecule has 0 aliphatic carbocycles. The summed E-state index contributed by atoms with van der Waals surface area (Å²) in [6.45, 7) is 11.2. The van der Waals surface area contributed by atoms with Crippen molar-refractivity contribution < 1.29 is 14.3 Å². The van der Waals surface area contributed by atoms with Gasteiger partial charge in [0.1, 0.15) is 12.3 Å². The lowest BCUT2D eigenvalue weighted by Crippen LogP contribution is -2.43. The Balaban J connectivity index is 1.81. The highest BCUT2D eigenvalue weighted by molar-refractivity contribution is 14.1. The van der Waals surface area contributed by atoms with Gasteiger partial charge in [-0.25, -0.2) is 0 Å². The number of halogens is 1. The van der Waals surface area contributed by atoms with Crippen LogP contribution in [0.5, 0.6) is 0 Å². The number of nitrogens with zero attached hydrogens (tertiary/aromatic N) is 2. The Labute approximate surface area is 172 Å². The maximum Gasteiger partial charge on any atom is 0.262 e. The van der Waals surface area contributed by atoms with E-state index in [2.05, 4.69) is 66.4 Å². The number of aliphatic hydroxyl groups is 1. The molecule has 0 unspecified atom stereocenters. The highest BCUT2D eigenvalue weighted by atomic mass is 127. The fourth-order valence-corrected chi connectivity index (χ4v) is 4.69. The van der Waals surface area contributed by atoms with Crippen LogP contribution >= 0.6 is 22.6 Å². The second-order valence-electron chi connectivity index (χ2n) is 8.54. The fourth-order valence-electron chi connectivity index (χ4n) is 2.89. The minimum Gasteiger partial charge on any atom is -0.414 e. The Morgan fingerprint density at radius 2 is 2.19 bits per heavy atom. The molecule has 1 saturated heterocycles. The number of fused-ring (bicyclic) bond motifs is 1. The van der Waals surface area contributed by atoms with Gasteiger partial charge in [-0.05, 0) is 40.7 Å². The Bertz CT molecular complexity index is 905. The summed E-state index contributed by atoms with van der Waals surface area (Å²) in [6, 6.07) is 0. The lowest BCUT2D eigenvalue weighted by Gasteiger charge is -2.37. The summed E-state index contributed by atoms with van der Waals surface area (Å²) in [5.74, 6) is 0.0552. The van der Waals surface area contributed by atoms with E-state index >= 15 is 0 Å². The van der Waals surface area contributed by atoms with E-state index in [9.17, 15) is 9.90 Å². The van der Waals surface area contributed by atoms with E-state index in [1.165, 1.54) is 0 Å². The zero-order valence-electron chi connectivity index (χ0n) is 16.2. The molecule has 3 rings (SSSR count). The van der Waals surface area contributed by atoms with Gasteiger partial charge < -0.3 is 24.6 Å². The lowest BCUT2D eigenvalue weighted by atomic mass is 10.2. The number of rotatable bonds is 4. The van der Waals surface area contributed by atoms with Crippen molar-refractivity contribution in [1.82, 2.24) is 14.5 Å². The summed E-state index contributed by atoms with van der Waals surface area (Å²) in [5, 5.41) is 11.1. The van der Waals surface area contributed by atoms with E-state index in [0.717, 1.165) is 3.57 Å². The van der Waals surface area contributed by atoms with Gasteiger partial charge in [0.05, 0.1) is 18.1 Å². The van der Waals surface area contributed by atoms with Crippen LogP contribution in [0.3, 0.4) is 0 Å². The van der Waals surface area contributed by atoms with Crippen molar-refractivity contribution in [3.63, 3.8) is 0 Å². The number of H-pyrrole nitrogens is 1. The quantitative estimate of drug-likeness (QED) is 0.434. The maximum atomic E-state index is 12.2. The number of nitrogen functional groups attached to an aromatic ring is 1. The van der Waals surface area contributed by atoms with E-state index in [1.54, 1.807) is 10.8 Å². The zero-order valence-corrected chi connectivity index (χ0v) is 19.4. The number of aromatic amines is 1. The Kier molecular flexibility index (Phi) is 5.49. The number of nitrogens with one attached hydrogen (secondary N) is 1. The molecule has 2 aromatic rings. The van der Waals surface area contributed by atoms with Crippen molar-refractivity contribution in [2.45, 2.75) is 63.8 Å². The molecule has 0 bridgehead atoms. The van der Waals surface area contributed by atoms with Gasteiger partial charge in [-0.2, -0.15) is 4.98 Å². The summed E-state index contributed by atoms with van der Waals surface area (Å²) in [4.78, 5) is 19.0. The van der Waals surface area contributed by atoms with Gasteiger partial charge in [0.25, 0.3) is 5.56 Å². The monoisotopic (exact) mass is 506 g/mol. The molecule has 4 N–H and O–H groups in total. The van der Waals surface area contributed by atoms with Crippen LogP contribution in [0.1, 0.15) is 33.4 Å². The molecule has 3 heterocycles. The van der Waals surface area contributed by atoms with E-state index < -0.39 is 26.8 Å². The van der Waals surface area contributed by atoms with Crippen molar-refractivity contribution in [2.24, 2.45) is 0 Å². The van der Waals surface area contributed by atoms with Gasteiger partial charge >= 0.3 is 0 Å². The van der Waals surface area contributed by atoms with Crippen LogP contribution in [0.25, 0.3) is 11.0 Å². The van der Waals surface area contributed by atoms with Crippen molar-refractivity contribution >= 4 is 47.9 Å². The first-order chi connectivity index (χ1) is 12.4. The van der Waals surface area contributed by atoms with Gasteiger partial charge in [0, 0.05) is 16.2 Å². The number of hydrogen-bond donors (Lipinski definition) is 3. The molecule has 1 aliphatic rings. The van der Waals surface area contributed by atoms with Gasteiger partial charge in [-0.1, -0.05) is 20.8 Å². The summed E-state index contributed by atoms with van der Waals surface area (Å²) < 4.78 is 14.8. The topological polar surface area (TPSA) is 115 Å². The summed E-state index contributed by atoms with van der Waals surface area (Å²) >= 11 is 2.09. The van der Waals surface area contributed by atoms with Crippen molar-refractivity contribution in [2.75, 3.05) is 12.3 Å². The highest BCUT2D eigenvalue weighted by Crippen LogP contribution is 2.38. The number of hydrogen-bond acceptors (Lipinski definition) is 6. The first kappa shape index (κ1) is 20.8. The van der Waals surface area contributed by atoms with E-state index in [0.29, 0.717) is 24.1 Å². The van der Waals surface area contributed by atoms with E-state index in [4.69, 9.17) is 14.9 Å². The van der Waals surface area contributed by atoms with Crippen LogP contribution in [-0.2, 0) is 9.16 Å². The largest absolute Gasteiger partial charge is 0.414 e. The zero-order chi connectivity index (χ0) is 20.1. The van der Waals surface area contributed by atoms with Crippen LogP contribution in [0.4, 0.5) is 5.95 Å². The Morgan fingerprint density at radius 3 is 2.81 bits per heavy atom. The smallest absolute Gasteiger partial charge is 0.262 e. The number of ether oxygens (including phenoxy) is 1. The molecule has 0 radical (unpaired) electrons. The minimum atomic E-state index is -1.93. The SMILES string of the molecule is CC(C)(C)[Si](C)(C)OC[C@H]1O[C@@H](n2cc(I)c3c(=O)[nH]c(N)nc32)C[C@@H]1O. The first-order valence-corrected chi connectivity index (χ1v) is 12.9.